The number of carbonyl (C=O) groups is 1. The average Bonchev–Trinajstić information content (AvgIpc) is 3.15. The van der Waals surface area contributed by atoms with Crippen LogP contribution in [0.25, 0.3) is 0 Å². The first-order chi connectivity index (χ1) is 13.2. The van der Waals surface area contributed by atoms with Crippen molar-refractivity contribution in [3.05, 3.63) is 48.0 Å². The lowest BCUT2D eigenvalue weighted by Crippen LogP contribution is -2.33. The zero-order valence-electron chi connectivity index (χ0n) is 16.0. The number of nitrogens with one attached hydrogen (secondary N) is 1. The number of anilines is 1. The number of ether oxygens (including phenoxy) is 3. The number of methoxy groups -OCH3 is 3. The fraction of sp³-hybridized carbons (Fsp3) is 0.381. The van der Waals surface area contributed by atoms with E-state index in [4.69, 9.17) is 14.2 Å². The van der Waals surface area contributed by atoms with Crippen LogP contribution in [0.2, 0.25) is 0 Å². The van der Waals surface area contributed by atoms with Crippen LogP contribution in [0.15, 0.2) is 42.5 Å². The maximum absolute atomic E-state index is 12.6. The molecule has 1 saturated heterocycles. The van der Waals surface area contributed by atoms with Gasteiger partial charge in [-0.05, 0) is 37.6 Å². The minimum Gasteiger partial charge on any atom is -0.497 e. The van der Waals surface area contributed by atoms with Crippen molar-refractivity contribution in [1.29, 1.82) is 0 Å². The number of likely N-dealkylation sites (tertiary alicyclic amines) is 1. The molecule has 0 bridgehead atoms. The summed E-state index contributed by atoms with van der Waals surface area (Å²) in [7, 11) is 4.89. The number of nitrogens with zero attached hydrogens (tertiary/aromatic N) is 1. The summed E-state index contributed by atoms with van der Waals surface area (Å²) < 4.78 is 16.1. The minimum absolute atomic E-state index is 0.0566. The standard InChI is InChI=1S/C21H26N2O4/c1-25-15-10-11-16(20(13-15)27-3)18-8-6-12-23(18)14-21(24)22-17-7-4-5-9-19(17)26-2/h4-5,7,9-11,13,18H,6,8,12,14H2,1-3H3,(H,22,24)/t18-/m1/s1. The second kappa shape index (κ2) is 8.77. The van der Waals surface area contributed by atoms with Crippen molar-refractivity contribution in [2.75, 3.05) is 39.7 Å². The average molecular weight is 370 g/mol. The van der Waals surface area contributed by atoms with E-state index in [0.717, 1.165) is 36.4 Å². The van der Waals surface area contributed by atoms with Gasteiger partial charge < -0.3 is 19.5 Å². The highest BCUT2D eigenvalue weighted by Crippen LogP contribution is 2.38. The maximum atomic E-state index is 12.6. The van der Waals surface area contributed by atoms with Gasteiger partial charge in [0.15, 0.2) is 0 Å². The predicted molar refractivity (Wildman–Crippen MR) is 105 cm³/mol. The van der Waals surface area contributed by atoms with Gasteiger partial charge >= 0.3 is 0 Å². The molecule has 1 N–H and O–H groups in total. The molecule has 27 heavy (non-hydrogen) atoms. The van der Waals surface area contributed by atoms with E-state index in [2.05, 4.69) is 10.2 Å². The van der Waals surface area contributed by atoms with Crippen molar-refractivity contribution in [1.82, 2.24) is 4.90 Å². The van der Waals surface area contributed by atoms with Crippen LogP contribution in [0.5, 0.6) is 17.2 Å². The van der Waals surface area contributed by atoms with E-state index in [0.29, 0.717) is 18.0 Å². The molecule has 0 saturated carbocycles. The third kappa shape index (κ3) is 4.34. The number of hydrogen-bond donors (Lipinski definition) is 1. The normalized spacial score (nSPS) is 16.8. The first-order valence-electron chi connectivity index (χ1n) is 9.05. The van der Waals surface area contributed by atoms with Gasteiger partial charge in [0.2, 0.25) is 5.91 Å². The Hall–Kier alpha value is -2.73. The molecule has 1 heterocycles. The van der Waals surface area contributed by atoms with Crippen molar-refractivity contribution in [2.24, 2.45) is 0 Å². The van der Waals surface area contributed by atoms with Crippen LogP contribution < -0.4 is 19.5 Å². The monoisotopic (exact) mass is 370 g/mol. The number of hydrogen-bond acceptors (Lipinski definition) is 5. The zero-order chi connectivity index (χ0) is 19.2. The van der Waals surface area contributed by atoms with E-state index in [9.17, 15) is 4.79 Å². The van der Waals surface area contributed by atoms with Crippen LogP contribution in [-0.4, -0.2) is 45.2 Å². The summed E-state index contributed by atoms with van der Waals surface area (Å²) in [5.41, 5.74) is 1.77. The van der Waals surface area contributed by atoms with E-state index in [1.54, 1.807) is 21.3 Å². The molecule has 0 radical (unpaired) electrons. The summed E-state index contributed by atoms with van der Waals surface area (Å²) in [6.45, 7) is 1.19. The van der Waals surface area contributed by atoms with Crippen LogP contribution in [0.4, 0.5) is 5.69 Å². The van der Waals surface area contributed by atoms with Crippen LogP contribution in [0.3, 0.4) is 0 Å². The summed E-state index contributed by atoms with van der Waals surface area (Å²) in [5.74, 6) is 2.14. The zero-order valence-corrected chi connectivity index (χ0v) is 16.0. The number of para-hydroxylation sites is 2. The van der Waals surface area contributed by atoms with Crippen molar-refractivity contribution in [2.45, 2.75) is 18.9 Å². The molecule has 0 aromatic heterocycles. The SMILES string of the molecule is COc1ccc([C@H]2CCCN2CC(=O)Nc2ccccc2OC)c(OC)c1. The van der Waals surface area contributed by atoms with Crippen molar-refractivity contribution in [3.8, 4) is 17.2 Å². The number of rotatable bonds is 7. The van der Waals surface area contributed by atoms with Gasteiger partial charge in [0.05, 0.1) is 33.6 Å². The van der Waals surface area contributed by atoms with E-state index in [-0.39, 0.29) is 11.9 Å². The van der Waals surface area contributed by atoms with E-state index in [1.165, 1.54) is 0 Å². The molecule has 1 aliphatic rings. The van der Waals surface area contributed by atoms with Crippen LogP contribution in [0.1, 0.15) is 24.4 Å². The molecule has 0 unspecified atom stereocenters. The molecule has 2 aromatic carbocycles. The minimum atomic E-state index is -0.0566. The lowest BCUT2D eigenvalue weighted by atomic mass is 10.0. The second-order valence-electron chi connectivity index (χ2n) is 6.48. The quantitative estimate of drug-likeness (QED) is 0.808. The smallest absolute Gasteiger partial charge is 0.238 e. The van der Waals surface area contributed by atoms with Gasteiger partial charge in [0, 0.05) is 17.7 Å². The van der Waals surface area contributed by atoms with Gasteiger partial charge in [-0.3, -0.25) is 9.69 Å². The summed E-state index contributed by atoms with van der Waals surface area (Å²) in [6, 6.07) is 13.4. The van der Waals surface area contributed by atoms with Gasteiger partial charge in [0.25, 0.3) is 0 Å². The lowest BCUT2D eigenvalue weighted by molar-refractivity contribution is -0.117. The van der Waals surface area contributed by atoms with E-state index < -0.39 is 0 Å². The molecule has 1 atom stereocenters. The Labute approximate surface area is 160 Å². The number of carbonyl (C=O) groups excluding carboxylic acids is 1. The highest BCUT2D eigenvalue weighted by Gasteiger charge is 2.30. The Morgan fingerprint density at radius 3 is 2.59 bits per heavy atom. The van der Waals surface area contributed by atoms with Gasteiger partial charge in [0.1, 0.15) is 17.2 Å². The molecular formula is C21H26N2O4. The second-order valence-corrected chi connectivity index (χ2v) is 6.48. The van der Waals surface area contributed by atoms with Crippen LogP contribution >= 0.6 is 0 Å². The predicted octanol–water partition coefficient (Wildman–Crippen LogP) is 3.49. The first kappa shape index (κ1) is 19.0. The van der Waals surface area contributed by atoms with Crippen molar-refractivity contribution >= 4 is 11.6 Å². The van der Waals surface area contributed by atoms with Crippen molar-refractivity contribution in [3.63, 3.8) is 0 Å². The van der Waals surface area contributed by atoms with Gasteiger partial charge in [-0.15, -0.1) is 0 Å². The fourth-order valence-corrected chi connectivity index (χ4v) is 3.58. The summed E-state index contributed by atoms with van der Waals surface area (Å²) in [4.78, 5) is 14.8. The summed E-state index contributed by atoms with van der Waals surface area (Å²) >= 11 is 0. The Balaban J connectivity index is 1.72. The molecule has 0 spiro atoms. The molecule has 2 aromatic rings. The van der Waals surface area contributed by atoms with Gasteiger partial charge in [-0.2, -0.15) is 0 Å². The van der Waals surface area contributed by atoms with Gasteiger partial charge in [-0.1, -0.05) is 18.2 Å². The molecule has 1 fully saturated rings. The number of benzene rings is 2. The molecular weight excluding hydrogens is 344 g/mol. The third-order valence-corrected chi connectivity index (χ3v) is 4.89. The molecule has 1 aliphatic heterocycles. The summed E-state index contributed by atoms with van der Waals surface area (Å²) in [5, 5.41) is 2.95. The topological polar surface area (TPSA) is 60.0 Å². The number of amides is 1. The Morgan fingerprint density at radius 1 is 1.07 bits per heavy atom. The Kier molecular flexibility index (Phi) is 6.19. The highest BCUT2D eigenvalue weighted by molar-refractivity contribution is 5.93. The molecule has 144 valence electrons. The first-order valence-corrected chi connectivity index (χ1v) is 9.05. The molecule has 6 heteroatoms. The molecule has 6 nitrogen and oxygen atoms in total. The molecule has 1 amide bonds. The highest BCUT2D eigenvalue weighted by atomic mass is 16.5. The summed E-state index contributed by atoms with van der Waals surface area (Å²) in [6.07, 6.45) is 2.03. The fourth-order valence-electron chi connectivity index (χ4n) is 3.58. The lowest BCUT2D eigenvalue weighted by Gasteiger charge is -2.26. The third-order valence-electron chi connectivity index (χ3n) is 4.89. The Morgan fingerprint density at radius 2 is 1.85 bits per heavy atom. The van der Waals surface area contributed by atoms with E-state index in [1.807, 2.05) is 42.5 Å². The van der Waals surface area contributed by atoms with Crippen LogP contribution in [0, 0.1) is 0 Å². The molecule has 0 aliphatic carbocycles. The molecule has 3 rings (SSSR count). The Bertz CT molecular complexity index is 794. The van der Waals surface area contributed by atoms with Crippen LogP contribution in [-0.2, 0) is 4.79 Å². The van der Waals surface area contributed by atoms with Gasteiger partial charge in [-0.25, -0.2) is 0 Å². The van der Waals surface area contributed by atoms with Crippen molar-refractivity contribution < 1.29 is 19.0 Å². The largest absolute Gasteiger partial charge is 0.497 e. The maximum Gasteiger partial charge on any atom is 0.238 e. The van der Waals surface area contributed by atoms with E-state index >= 15 is 0 Å².